The average Bonchev–Trinajstić information content (AvgIpc) is 3.23. The highest BCUT2D eigenvalue weighted by atomic mass is 16.5. The molecule has 3 heterocycles. The summed E-state index contributed by atoms with van der Waals surface area (Å²) in [5, 5.41) is 1.91. The van der Waals surface area contributed by atoms with Crippen molar-refractivity contribution >= 4 is 22.6 Å². The minimum absolute atomic E-state index is 0.0513. The summed E-state index contributed by atoms with van der Waals surface area (Å²) in [4.78, 5) is 36.8. The molecule has 0 saturated carbocycles. The second-order valence-electron chi connectivity index (χ2n) is 6.86. The van der Waals surface area contributed by atoms with Crippen LogP contribution in [0.5, 0.6) is 5.75 Å². The summed E-state index contributed by atoms with van der Waals surface area (Å²) in [5.74, 6) is 0.619. The normalized spacial score (nSPS) is 17.0. The molecule has 2 aromatic heterocycles. The fourth-order valence-corrected chi connectivity index (χ4v) is 3.50. The van der Waals surface area contributed by atoms with Crippen LogP contribution in [-0.4, -0.2) is 57.3 Å². The lowest BCUT2D eigenvalue weighted by Gasteiger charge is -2.38. The van der Waals surface area contributed by atoms with E-state index in [1.165, 1.54) is 11.2 Å². The van der Waals surface area contributed by atoms with Gasteiger partial charge in [0.05, 0.1) is 0 Å². The predicted molar refractivity (Wildman–Crippen MR) is 105 cm³/mol. The largest absolute Gasteiger partial charge is 0.483 e. The van der Waals surface area contributed by atoms with Gasteiger partial charge in [-0.2, -0.15) is 0 Å². The molecule has 1 atom stereocenters. The predicted octanol–water partition coefficient (Wildman–Crippen LogP) is 2.49. The molecule has 8 nitrogen and oxygen atoms in total. The van der Waals surface area contributed by atoms with E-state index in [9.17, 15) is 9.59 Å². The molecule has 8 heteroatoms. The number of carbonyl (C=O) groups excluding carboxylic acids is 2. The highest BCUT2D eigenvalue weighted by Crippen LogP contribution is 2.25. The van der Waals surface area contributed by atoms with Crippen molar-refractivity contribution in [2.75, 3.05) is 19.6 Å². The Morgan fingerprint density at radius 2 is 2.17 bits per heavy atom. The van der Waals surface area contributed by atoms with Crippen LogP contribution >= 0.6 is 0 Å². The molecular formula is C21H22N4O4. The van der Waals surface area contributed by atoms with E-state index in [1.54, 1.807) is 24.2 Å². The molecule has 29 heavy (non-hydrogen) atoms. The van der Waals surface area contributed by atoms with Gasteiger partial charge >= 0.3 is 0 Å². The lowest BCUT2D eigenvalue weighted by molar-refractivity contribution is -0.139. The van der Waals surface area contributed by atoms with Crippen LogP contribution in [0.25, 0.3) is 10.8 Å². The van der Waals surface area contributed by atoms with Crippen LogP contribution in [0.1, 0.15) is 30.2 Å². The molecule has 0 N–H and O–H groups in total. The molecule has 1 fully saturated rings. The van der Waals surface area contributed by atoms with E-state index < -0.39 is 6.04 Å². The number of likely N-dealkylation sites (N-methyl/N-ethyl adjacent to an activating group) is 1. The number of hydrogen-bond acceptors (Lipinski definition) is 6. The zero-order valence-electron chi connectivity index (χ0n) is 16.4. The number of carbonyl (C=O) groups is 2. The number of benzene rings is 1. The van der Waals surface area contributed by atoms with Crippen molar-refractivity contribution < 1.29 is 18.7 Å². The Labute approximate surface area is 168 Å². The third-order valence-corrected chi connectivity index (χ3v) is 5.15. The number of amides is 2. The molecule has 0 spiro atoms. The van der Waals surface area contributed by atoms with Crippen LogP contribution in [0.4, 0.5) is 0 Å². The summed E-state index contributed by atoms with van der Waals surface area (Å²) < 4.78 is 11.3. The van der Waals surface area contributed by atoms with Crippen LogP contribution in [0.2, 0.25) is 0 Å². The van der Waals surface area contributed by atoms with Crippen molar-refractivity contribution in [3.05, 3.63) is 54.5 Å². The molecule has 0 radical (unpaired) electrons. The van der Waals surface area contributed by atoms with Crippen LogP contribution in [0.3, 0.4) is 0 Å². The molecule has 0 bridgehead atoms. The van der Waals surface area contributed by atoms with E-state index >= 15 is 0 Å². The number of ether oxygens (including phenoxy) is 1. The lowest BCUT2D eigenvalue weighted by atomic mass is 10.1. The van der Waals surface area contributed by atoms with E-state index in [0.29, 0.717) is 31.3 Å². The number of oxazole rings is 1. The molecular weight excluding hydrogens is 372 g/mol. The zero-order chi connectivity index (χ0) is 20.4. The highest BCUT2D eigenvalue weighted by Gasteiger charge is 2.35. The van der Waals surface area contributed by atoms with Crippen molar-refractivity contribution in [1.29, 1.82) is 0 Å². The van der Waals surface area contributed by atoms with Gasteiger partial charge in [0, 0.05) is 42.8 Å². The number of aromatic nitrogens is 2. The van der Waals surface area contributed by atoms with E-state index in [4.69, 9.17) is 9.15 Å². The van der Waals surface area contributed by atoms with Crippen LogP contribution < -0.4 is 4.74 Å². The maximum Gasteiger partial charge on any atom is 0.276 e. The molecule has 4 rings (SSSR count). The van der Waals surface area contributed by atoms with Crippen LogP contribution in [0.15, 0.2) is 47.3 Å². The van der Waals surface area contributed by atoms with Crippen LogP contribution in [-0.2, 0) is 11.4 Å². The van der Waals surface area contributed by atoms with Gasteiger partial charge < -0.3 is 19.0 Å². The number of piperazine rings is 1. The van der Waals surface area contributed by atoms with Gasteiger partial charge in [-0.05, 0) is 26.0 Å². The standard InChI is InChI=1S/C21H22N4O4/c1-3-24-9-10-25(14(2)20(24)26)21(27)17-12-29-19(23-17)13-28-18-6-4-5-15-11-22-8-7-16(15)18/h4-8,11-12,14H,3,9-10,13H2,1-2H3/t14-/m0/s1. The molecule has 150 valence electrons. The molecule has 0 unspecified atom stereocenters. The Kier molecular flexibility index (Phi) is 5.16. The minimum atomic E-state index is -0.517. The first-order valence-corrected chi connectivity index (χ1v) is 9.58. The van der Waals surface area contributed by atoms with Gasteiger partial charge in [0.2, 0.25) is 11.8 Å². The second kappa shape index (κ2) is 7.90. The molecule has 0 aliphatic carbocycles. The van der Waals surface area contributed by atoms with Gasteiger partial charge in [-0.15, -0.1) is 0 Å². The van der Waals surface area contributed by atoms with Crippen molar-refractivity contribution in [2.24, 2.45) is 0 Å². The Morgan fingerprint density at radius 1 is 1.31 bits per heavy atom. The summed E-state index contributed by atoms with van der Waals surface area (Å²) in [6, 6.07) is 7.06. The summed E-state index contributed by atoms with van der Waals surface area (Å²) >= 11 is 0. The number of hydrogen-bond donors (Lipinski definition) is 0. The van der Waals surface area contributed by atoms with Gasteiger partial charge in [-0.25, -0.2) is 4.98 Å². The van der Waals surface area contributed by atoms with Gasteiger partial charge in [0.25, 0.3) is 5.91 Å². The Balaban J connectivity index is 1.44. The smallest absolute Gasteiger partial charge is 0.276 e. The Morgan fingerprint density at radius 3 is 3.00 bits per heavy atom. The van der Waals surface area contributed by atoms with Gasteiger partial charge in [-0.3, -0.25) is 14.6 Å². The first-order valence-electron chi connectivity index (χ1n) is 9.58. The first kappa shape index (κ1) is 18.9. The van der Waals surface area contributed by atoms with Crippen molar-refractivity contribution in [1.82, 2.24) is 19.8 Å². The summed E-state index contributed by atoms with van der Waals surface area (Å²) in [6.07, 6.45) is 4.79. The third kappa shape index (κ3) is 3.65. The SMILES string of the molecule is CCN1CCN(C(=O)c2coc(COc3cccc4cnccc34)n2)[C@@H](C)C1=O. The van der Waals surface area contributed by atoms with E-state index in [2.05, 4.69) is 9.97 Å². The molecule has 2 amide bonds. The average molecular weight is 394 g/mol. The summed E-state index contributed by atoms with van der Waals surface area (Å²) in [7, 11) is 0. The minimum Gasteiger partial charge on any atom is -0.483 e. The van der Waals surface area contributed by atoms with E-state index in [1.807, 2.05) is 31.2 Å². The van der Waals surface area contributed by atoms with E-state index in [-0.39, 0.29) is 24.1 Å². The number of fused-ring (bicyclic) bond motifs is 1. The third-order valence-electron chi connectivity index (χ3n) is 5.15. The lowest BCUT2D eigenvalue weighted by Crippen LogP contribution is -2.57. The van der Waals surface area contributed by atoms with E-state index in [0.717, 1.165) is 10.8 Å². The monoisotopic (exact) mass is 394 g/mol. The Hall–Kier alpha value is -3.42. The van der Waals surface area contributed by atoms with Crippen molar-refractivity contribution in [3.63, 3.8) is 0 Å². The van der Waals surface area contributed by atoms with Gasteiger partial charge in [0.1, 0.15) is 18.1 Å². The molecule has 1 aromatic carbocycles. The fraction of sp³-hybridized carbons (Fsp3) is 0.333. The maximum atomic E-state index is 12.8. The summed E-state index contributed by atoms with van der Waals surface area (Å²) in [6.45, 7) is 5.39. The molecule has 1 aliphatic heterocycles. The van der Waals surface area contributed by atoms with Crippen molar-refractivity contribution in [3.8, 4) is 5.75 Å². The van der Waals surface area contributed by atoms with Gasteiger partial charge in [-0.1, -0.05) is 12.1 Å². The Bertz CT molecular complexity index is 1040. The van der Waals surface area contributed by atoms with Crippen LogP contribution in [0, 0.1) is 0 Å². The first-order chi connectivity index (χ1) is 14.1. The molecule has 3 aromatic rings. The topological polar surface area (TPSA) is 88.8 Å². The quantitative estimate of drug-likeness (QED) is 0.661. The highest BCUT2D eigenvalue weighted by molar-refractivity contribution is 5.96. The zero-order valence-corrected chi connectivity index (χ0v) is 16.4. The van der Waals surface area contributed by atoms with Crippen molar-refractivity contribution in [2.45, 2.75) is 26.5 Å². The fourth-order valence-electron chi connectivity index (χ4n) is 3.50. The van der Waals surface area contributed by atoms with Gasteiger partial charge in [0.15, 0.2) is 12.3 Å². The number of pyridine rings is 1. The molecule has 1 aliphatic rings. The number of rotatable bonds is 5. The second-order valence-corrected chi connectivity index (χ2v) is 6.86. The maximum absolute atomic E-state index is 12.8. The molecule has 1 saturated heterocycles. The summed E-state index contributed by atoms with van der Waals surface area (Å²) in [5.41, 5.74) is 0.176. The number of nitrogens with zero attached hydrogens (tertiary/aromatic N) is 4.